The van der Waals surface area contributed by atoms with Gasteiger partial charge in [0.25, 0.3) is 0 Å². The van der Waals surface area contributed by atoms with E-state index in [-0.39, 0.29) is 0 Å². The van der Waals surface area contributed by atoms with Crippen LogP contribution in [0.4, 0.5) is 0 Å². The molecule has 0 aromatic carbocycles. The van der Waals surface area contributed by atoms with Gasteiger partial charge in [-0.05, 0) is 22.9 Å². The first kappa shape index (κ1) is 19.5. The summed E-state index contributed by atoms with van der Waals surface area (Å²) in [6.45, 7) is 10.2. The Morgan fingerprint density at radius 2 is 0.957 bits per heavy atom. The van der Waals surface area contributed by atoms with E-state index in [1.54, 1.807) is 51.4 Å². The van der Waals surface area contributed by atoms with Crippen molar-refractivity contribution in [3.05, 3.63) is 0 Å². The Labute approximate surface area is 148 Å². The van der Waals surface area contributed by atoms with E-state index in [1.165, 1.54) is 38.5 Å². The molecule has 0 bridgehead atoms. The summed E-state index contributed by atoms with van der Waals surface area (Å²) in [6.07, 6.45) is 21.4. The second kappa shape index (κ2) is 9.64. The molecule has 0 saturated heterocycles. The molecule has 23 heavy (non-hydrogen) atoms. The van der Waals surface area contributed by atoms with Gasteiger partial charge >= 0.3 is 0 Å². The lowest BCUT2D eigenvalue weighted by Crippen LogP contribution is -2.41. The normalized spacial score (nSPS) is 32.9. The maximum absolute atomic E-state index is 2.76. The molecule has 0 amide bonds. The van der Waals surface area contributed by atoms with Crippen LogP contribution in [0.25, 0.3) is 0 Å². The van der Waals surface area contributed by atoms with Crippen molar-refractivity contribution in [1.29, 1.82) is 0 Å². The van der Waals surface area contributed by atoms with Gasteiger partial charge in [0.2, 0.25) is 0 Å². The van der Waals surface area contributed by atoms with E-state index in [1.807, 2.05) is 0 Å². The van der Waals surface area contributed by atoms with E-state index in [2.05, 4.69) is 26.9 Å². The maximum atomic E-state index is 2.76. The van der Waals surface area contributed by atoms with Gasteiger partial charge in [0.05, 0.1) is 8.07 Å². The summed E-state index contributed by atoms with van der Waals surface area (Å²) in [6, 6.07) is 0. The van der Waals surface area contributed by atoms with Crippen LogP contribution in [0, 0.1) is 11.8 Å². The second-order valence-corrected chi connectivity index (χ2v) is 14.8. The highest BCUT2D eigenvalue weighted by Gasteiger charge is 2.41. The van der Waals surface area contributed by atoms with Crippen LogP contribution in [0.3, 0.4) is 0 Å². The predicted molar refractivity (Wildman–Crippen MR) is 108 cm³/mol. The molecule has 0 aromatic rings. The zero-order chi connectivity index (χ0) is 16.7. The Kier molecular flexibility index (Phi) is 8.19. The predicted octanol–water partition coefficient (Wildman–Crippen LogP) is 8.20. The van der Waals surface area contributed by atoms with Crippen molar-refractivity contribution >= 4 is 8.07 Å². The van der Waals surface area contributed by atoms with E-state index in [0.717, 1.165) is 22.9 Å². The first-order chi connectivity index (χ1) is 11.1. The molecule has 2 aliphatic rings. The molecule has 136 valence electrons. The van der Waals surface area contributed by atoms with Gasteiger partial charge in [-0.25, -0.2) is 0 Å². The number of rotatable bonds is 8. The summed E-state index contributed by atoms with van der Waals surface area (Å²) in [7, 11) is -1.02. The summed E-state index contributed by atoms with van der Waals surface area (Å²) >= 11 is 0. The van der Waals surface area contributed by atoms with Crippen LogP contribution in [0.15, 0.2) is 0 Å². The van der Waals surface area contributed by atoms with E-state index in [4.69, 9.17) is 0 Å². The molecule has 0 nitrogen and oxygen atoms in total. The van der Waals surface area contributed by atoms with E-state index in [0.29, 0.717) is 0 Å². The van der Waals surface area contributed by atoms with Crippen LogP contribution >= 0.6 is 0 Å². The fraction of sp³-hybridized carbons (Fsp3) is 1.00. The highest BCUT2D eigenvalue weighted by Crippen LogP contribution is 2.50. The Balaban J connectivity index is 1.76. The zero-order valence-corrected chi connectivity index (χ0v) is 17.7. The first-order valence-corrected chi connectivity index (χ1v) is 14.2. The van der Waals surface area contributed by atoms with Crippen LogP contribution in [-0.4, -0.2) is 8.07 Å². The van der Waals surface area contributed by atoms with Crippen LogP contribution < -0.4 is 0 Å². The minimum atomic E-state index is -1.02. The van der Waals surface area contributed by atoms with Crippen LogP contribution in [-0.2, 0) is 0 Å². The molecule has 0 aromatic heterocycles. The van der Waals surface area contributed by atoms with E-state index < -0.39 is 8.07 Å². The molecule has 0 aliphatic heterocycles. The third kappa shape index (κ3) is 5.61. The summed E-state index contributed by atoms with van der Waals surface area (Å²) in [5.41, 5.74) is 2.30. The Bertz CT molecular complexity index is 276. The van der Waals surface area contributed by atoms with Gasteiger partial charge in [0.1, 0.15) is 0 Å². The molecule has 1 heteroatoms. The highest BCUT2D eigenvalue weighted by atomic mass is 28.3. The second-order valence-electron chi connectivity index (χ2n) is 9.54. The van der Waals surface area contributed by atoms with Crippen LogP contribution in [0.5, 0.6) is 0 Å². The molecule has 2 rings (SSSR count). The summed E-state index contributed by atoms with van der Waals surface area (Å²) in [4.78, 5) is 0. The maximum Gasteiger partial charge on any atom is 0.0535 e. The quantitative estimate of drug-likeness (QED) is 0.392. The van der Waals surface area contributed by atoms with Crippen molar-refractivity contribution < 1.29 is 0 Å². The van der Waals surface area contributed by atoms with Crippen molar-refractivity contribution in [3.8, 4) is 0 Å². The molecule has 0 heterocycles. The van der Waals surface area contributed by atoms with Gasteiger partial charge in [-0.15, -0.1) is 0 Å². The molecule has 0 unspecified atom stereocenters. The largest absolute Gasteiger partial charge is 0.0689 e. The minimum Gasteiger partial charge on any atom is -0.0689 e. The van der Waals surface area contributed by atoms with E-state index in [9.17, 15) is 0 Å². The molecule has 2 aliphatic carbocycles. The van der Waals surface area contributed by atoms with E-state index >= 15 is 0 Å². The van der Waals surface area contributed by atoms with Gasteiger partial charge in [-0.2, -0.15) is 0 Å². The lowest BCUT2D eigenvalue weighted by molar-refractivity contribution is 0.309. The van der Waals surface area contributed by atoms with Gasteiger partial charge in [0, 0.05) is 0 Å². The molecule has 0 N–H and O–H groups in total. The Hall–Kier alpha value is 0.217. The average Bonchev–Trinajstić information content (AvgIpc) is 2.59. The molecule has 0 spiro atoms. The third-order valence-corrected chi connectivity index (χ3v) is 13.1. The molecule has 2 saturated carbocycles. The fourth-order valence-corrected chi connectivity index (χ4v) is 10.0. The fourth-order valence-electron chi connectivity index (χ4n) is 5.71. The van der Waals surface area contributed by atoms with Crippen LogP contribution in [0.2, 0.25) is 24.2 Å². The summed E-state index contributed by atoms with van der Waals surface area (Å²) in [5.74, 6) is 2.17. The summed E-state index contributed by atoms with van der Waals surface area (Å²) < 4.78 is 0. The summed E-state index contributed by atoms with van der Waals surface area (Å²) in [5, 5.41) is 0. The standard InChI is InChI=1S/C22H44Si/c1-5-7-9-19-11-15-21(16-12-19)23(3,4)22-17-13-20(14-18-22)10-8-6-2/h19-22H,5-18H2,1-4H3. The van der Waals surface area contributed by atoms with Gasteiger partial charge in [-0.3, -0.25) is 0 Å². The topological polar surface area (TPSA) is 0 Å². The average molecular weight is 337 g/mol. The molecular formula is C22H44Si. The van der Waals surface area contributed by atoms with Gasteiger partial charge in [-0.1, -0.05) is 117 Å². The molecule has 2 fully saturated rings. The lowest BCUT2D eigenvalue weighted by Gasteiger charge is -2.45. The third-order valence-electron chi connectivity index (χ3n) is 7.73. The number of unbranched alkanes of at least 4 members (excludes halogenated alkanes) is 2. The lowest BCUT2D eigenvalue weighted by atomic mass is 9.85. The Morgan fingerprint density at radius 3 is 1.26 bits per heavy atom. The zero-order valence-electron chi connectivity index (χ0n) is 16.7. The molecular weight excluding hydrogens is 292 g/mol. The number of hydrogen-bond donors (Lipinski definition) is 0. The first-order valence-electron chi connectivity index (χ1n) is 11.1. The van der Waals surface area contributed by atoms with Crippen molar-refractivity contribution in [2.75, 3.05) is 0 Å². The molecule has 0 atom stereocenters. The monoisotopic (exact) mass is 336 g/mol. The van der Waals surface area contributed by atoms with Crippen LogP contribution in [0.1, 0.15) is 104 Å². The van der Waals surface area contributed by atoms with Gasteiger partial charge < -0.3 is 0 Å². The van der Waals surface area contributed by atoms with Crippen molar-refractivity contribution in [2.45, 2.75) is 128 Å². The van der Waals surface area contributed by atoms with Crippen molar-refractivity contribution in [3.63, 3.8) is 0 Å². The van der Waals surface area contributed by atoms with Gasteiger partial charge in [0.15, 0.2) is 0 Å². The smallest absolute Gasteiger partial charge is 0.0535 e. The molecule has 0 radical (unpaired) electrons. The van der Waals surface area contributed by atoms with Crippen molar-refractivity contribution in [2.24, 2.45) is 11.8 Å². The minimum absolute atomic E-state index is 1.02. The Morgan fingerprint density at radius 1 is 0.609 bits per heavy atom. The SMILES string of the molecule is CCCCC1CCC([Si](C)(C)C2CCC(CCCC)CC2)CC1. The highest BCUT2D eigenvalue weighted by molar-refractivity contribution is 6.80. The number of hydrogen-bond acceptors (Lipinski definition) is 0. The van der Waals surface area contributed by atoms with Crippen molar-refractivity contribution in [1.82, 2.24) is 0 Å².